The minimum absolute atomic E-state index is 0.118. The number of nitrogens with zero attached hydrogens (tertiary/aromatic N) is 1. The lowest BCUT2D eigenvalue weighted by atomic mass is 9.79. The normalized spacial score (nSPS) is 19.1. The van der Waals surface area contributed by atoms with Crippen LogP contribution in [0.4, 0.5) is 0 Å². The molecule has 5 nitrogen and oxygen atoms in total. The van der Waals surface area contributed by atoms with E-state index in [-0.39, 0.29) is 5.91 Å². The predicted octanol–water partition coefficient (Wildman–Crippen LogP) is 1.89. The molecule has 120 valence electrons. The van der Waals surface area contributed by atoms with Gasteiger partial charge in [-0.2, -0.15) is 0 Å². The number of carbonyl (C=O) groups is 1. The first-order valence-electron chi connectivity index (χ1n) is 7.71. The first-order chi connectivity index (χ1) is 10.7. The SMILES string of the molecule is CNC(=O)c1ccc2ncc(B3OC(C)(C)C(C)(C)O3)cc2c1. The van der Waals surface area contributed by atoms with Gasteiger partial charge in [-0.25, -0.2) is 0 Å². The molecule has 0 bridgehead atoms. The Hall–Kier alpha value is -1.92. The zero-order chi connectivity index (χ0) is 16.8. The molecule has 0 unspecified atom stereocenters. The minimum atomic E-state index is -0.458. The van der Waals surface area contributed by atoms with Crippen LogP contribution in [0.15, 0.2) is 30.5 Å². The van der Waals surface area contributed by atoms with Gasteiger partial charge in [-0.05, 0) is 45.9 Å². The van der Waals surface area contributed by atoms with Crippen molar-refractivity contribution >= 4 is 29.4 Å². The number of benzene rings is 1. The molecular formula is C17H21BN2O3. The zero-order valence-electron chi connectivity index (χ0n) is 14.1. The van der Waals surface area contributed by atoms with Gasteiger partial charge in [0.1, 0.15) is 0 Å². The van der Waals surface area contributed by atoms with Gasteiger partial charge in [0.2, 0.25) is 0 Å². The van der Waals surface area contributed by atoms with Crippen LogP contribution in [-0.4, -0.2) is 36.3 Å². The maximum absolute atomic E-state index is 11.8. The standard InChI is InChI=1S/C17H21BN2O3/c1-16(2)17(3,4)23-18(22-16)13-9-12-8-11(15(21)19-5)6-7-14(12)20-10-13/h6-10H,1-5H3,(H,19,21). The van der Waals surface area contributed by atoms with Gasteiger partial charge in [0.15, 0.2) is 0 Å². The number of rotatable bonds is 2. The maximum Gasteiger partial charge on any atom is 0.496 e. The highest BCUT2D eigenvalue weighted by molar-refractivity contribution is 6.62. The van der Waals surface area contributed by atoms with Gasteiger partial charge in [0.25, 0.3) is 5.91 Å². The Bertz CT molecular complexity index is 758. The smallest absolute Gasteiger partial charge is 0.399 e. The van der Waals surface area contributed by atoms with Crippen LogP contribution >= 0.6 is 0 Å². The molecule has 1 aromatic carbocycles. The van der Waals surface area contributed by atoms with Crippen molar-refractivity contribution in [1.29, 1.82) is 0 Å². The van der Waals surface area contributed by atoms with E-state index < -0.39 is 18.3 Å². The van der Waals surface area contributed by atoms with Crippen molar-refractivity contribution in [1.82, 2.24) is 10.3 Å². The van der Waals surface area contributed by atoms with Crippen molar-refractivity contribution in [3.63, 3.8) is 0 Å². The van der Waals surface area contributed by atoms with E-state index in [0.29, 0.717) is 5.56 Å². The first-order valence-corrected chi connectivity index (χ1v) is 7.71. The molecule has 2 aromatic rings. The third kappa shape index (κ3) is 2.73. The Morgan fingerprint density at radius 3 is 2.39 bits per heavy atom. The molecule has 1 saturated heterocycles. The van der Waals surface area contributed by atoms with Crippen molar-refractivity contribution < 1.29 is 14.1 Å². The summed E-state index contributed by atoms with van der Waals surface area (Å²) in [7, 11) is 1.16. The van der Waals surface area contributed by atoms with Crippen LogP contribution in [0.1, 0.15) is 38.1 Å². The summed E-state index contributed by atoms with van der Waals surface area (Å²) in [6.07, 6.45) is 1.77. The van der Waals surface area contributed by atoms with Gasteiger partial charge in [0, 0.05) is 29.7 Å². The highest BCUT2D eigenvalue weighted by Gasteiger charge is 2.51. The molecule has 1 aromatic heterocycles. The van der Waals surface area contributed by atoms with Crippen LogP contribution in [0.5, 0.6) is 0 Å². The second-order valence-corrected chi connectivity index (χ2v) is 6.84. The summed E-state index contributed by atoms with van der Waals surface area (Å²) in [6.45, 7) is 8.08. The number of amides is 1. The van der Waals surface area contributed by atoms with Crippen LogP contribution in [0, 0.1) is 0 Å². The maximum atomic E-state index is 11.8. The molecule has 3 rings (SSSR count). The van der Waals surface area contributed by atoms with Gasteiger partial charge >= 0.3 is 7.12 Å². The van der Waals surface area contributed by atoms with E-state index >= 15 is 0 Å². The van der Waals surface area contributed by atoms with Crippen molar-refractivity contribution in [3.8, 4) is 0 Å². The molecule has 23 heavy (non-hydrogen) atoms. The molecule has 6 heteroatoms. The van der Waals surface area contributed by atoms with Crippen molar-refractivity contribution in [2.24, 2.45) is 0 Å². The summed E-state index contributed by atoms with van der Waals surface area (Å²) < 4.78 is 12.1. The predicted molar refractivity (Wildman–Crippen MR) is 90.8 cm³/mol. The lowest BCUT2D eigenvalue weighted by Crippen LogP contribution is -2.41. The Kier molecular flexibility index (Phi) is 3.69. The number of fused-ring (bicyclic) bond motifs is 1. The zero-order valence-corrected chi connectivity index (χ0v) is 14.1. The average Bonchev–Trinajstić information content (AvgIpc) is 2.73. The number of carbonyl (C=O) groups excluding carboxylic acids is 1. The van der Waals surface area contributed by atoms with Gasteiger partial charge in [-0.3, -0.25) is 9.78 Å². The summed E-state index contributed by atoms with van der Waals surface area (Å²) in [5.74, 6) is -0.118. The molecule has 0 atom stereocenters. The van der Waals surface area contributed by atoms with Crippen molar-refractivity contribution in [2.75, 3.05) is 7.05 Å². The van der Waals surface area contributed by atoms with Crippen LogP contribution in [-0.2, 0) is 9.31 Å². The lowest BCUT2D eigenvalue weighted by Gasteiger charge is -2.32. The first kappa shape index (κ1) is 16.0. The van der Waals surface area contributed by atoms with E-state index in [4.69, 9.17) is 9.31 Å². The summed E-state index contributed by atoms with van der Waals surface area (Å²) in [6, 6.07) is 7.41. The van der Waals surface area contributed by atoms with Crippen LogP contribution in [0.25, 0.3) is 10.9 Å². The Morgan fingerprint density at radius 1 is 1.13 bits per heavy atom. The fraction of sp³-hybridized carbons (Fsp3) is 0.412. The Balaban J connectivity index is 1.98. The topological polar surface area (TPSA) is 60.5 Å². The monoisotopic (exact) mass is 312 g/mol. The molecular weight excluding hydrogens is 291 g/mol. The minimum Gasteiger partial charge on any atom is -0.399 e. The molecule has 0 radical (unpaired) electrons. The highest BCUT2D eigenvalue weighted by atomic mass is 16.7. The van der Waals surface area contributed by atoms with E-state index in [9.17, 15) is 4.79 Å². The lowest BCUT2D eigenvalue weighted by molar-refractivity contribution is 0.00578. The average molecular weight is 312 g/mol. The second kappa shape index (κ2) is 5.32. The molecule has 1 N–H and O–H groups in total. The Morgan fingerprint density at radius 2 is 1.78 bits per heavy atom. The molecule has 0 aliphatic carbocycles. The quantitative estimate of drug-likeness (QED) is 0.860. The molecule has 2 heterocycles. The molecule has 1 fully saturated rings. The molecule has 1 aliphatic rings. The second-order valence-electron chi connectivity index (χ2n) is 6.84. The van der Waals surface area contributed by atoms with E-state index in [1.54, 1.807) is 19.3 Å². The molecule has 1 aliphatic heterocycles. The van der Waals surface area contributed by atoms with Crippen molar-refractivity contribution in [3.05, 3.63) is 36.0 Å². The van der Waals surface area contributed by atoms with Crippen LogP contribution < -0.4 is 10.8 Å². The van der Waals surface area contributed by atoms with E-state index in [0.717, 1.165) is 16.4 Å². The highest BCUT2D eigenvalue weighted by Crippen LogP contribution is 2.36. The number of nitrogens with one attached hydrogen (secondary N) is 1. The molecule has 1 amide bonds. The summed E-state index contributed by atoms with van der Waals surface area (Å²) in [5.41, 5.74) is 1.50. The number of hydrogen-bond acceptors (Lipinski definition) is 4. The van der Waals surface area contributed by atoms with Crippen LogP contribution in [0.3, 0.4) is 0 Å². The van der Waals surface area contributed by atoms with E-state index in [1.165, 1.54) is 0 Å². The third-order valence-electron chi connectivity index (χ3n) is 4.72. The molecule has 0 saturated carbocycles. The number of aromatic nitrogens is 1. The summed E-state index contributed by atoms with van der Waals surface area (Å²) >= 11 is 0. The van der Waals surface area contributed by atoms with E-state index in [1.807, 2.05) is 45.9 Å². The fourth-order valence-corrected chi connectivity index (χ4v) is 2.54. The van der Waals surface area contributed by atoms with Gasteiger partial charge in [0.05, 0.1) is 16.7 Å². The largest absolute Gasteiger partial charge is 0.496 e. The number of hydrogen-bond donors (Lipinski definition) is 1. The number of pyridine rings is 1. The van der Waals surface area contributed by atoms with Gasteiger partial charge < -0.3 is 14.6 Å². The molecule has 0 spiro atoms. The fourth-order valence-electron chi connectivity index (χ4n) is 2.54. The van der Waals surface area contributed by atoms with Crippen LogP contribution in [0.2, 0.25) is 0 Å². The van der Waals surface area contributed by atoms with E-state index in [2.05, 4.69) is 10.3 Å². The van der Waals surface area contributed by atoms with Gasteiger partial charge in [-0.15, -0.1) is 0 Å². The summed E-state index contributed by atoms with van der Waals surface area (Å²) in [4.78, 5) is 16.2. The summed E-state index contributed by atoms with van der Waals surface area (Å²) in [5, 5.41) is 3.52. The third-order valence-corrected chi connectivity index (χ3v) is 4.72. The Labute approximate surface area is 136 Å². The van der Waals surface area contributed by atoms with Crippen molar-refractivity contribution in [2.45, 2.75) is 38.9 Å². The van der Waals surface area contributed by atoms with Gasteiger partial charge in [-0.1, -0.05) is 6.07 Å².